The van der Waals surface area contributed by atoms with Gasteiger partial charge in [0.1, 0.15) is 12.6 Å². The number of alkyl halides is 3. The number of nitrogens with zero attached hydrogens (tertiary/aromatic N) is 2. The molecule has 1 aliphatic rings. The van der Waals surface area contributed by atoms with Gasteiger partial charge >= 0.3 is 6.18 Å². The van der Waals surface area contributed by atoms with E-state index < -0.39 is 45.3 Å². The highest BCUT2D eigenvalue weighted by Crippen LogP contribution is 2.38. The van der Waals surface area contributed by atoms with Crippen LogP contribution in [0.15, 0.2) is 71.6 Å². The highest BCUT2D eigenvalue weighted by atomic mass is 35.5. The number of aryl methyl sites for hydroxylation is 2. The van der Waals surface area contributed by atoms with E-state index in [1.165, 1.54) is 17.0 Å². The Balaban J connectivity index is 1.78. The van der Waals surface area contributed by atoms with Crippen LogP contribution >= 0.6 is 11.6 Å². The Morgan fingerprint density at radius 3 is 2.24 bits per heavy atom. The van der Waals surface area contributed by atoms with Crippen LogP contribution in [-0.2, 0) is 32.3 Å². The predicted octanol–water partition coefficient (Wildman–Crippen LogP) is 7.43. The molecular weight excluding hydrogens is 639 g/mol. The third-order valence-electron chi connectivity index (χ3n) is 8.20. The molecule has 3 aromatic carbocycles. The number of nitrogens with one attached hydrogen (secondary N) is 1. The second-order valence-electron chi connectivity index (χ2n) is 11.8. The molecule has 1 fully saturated rings. The Kier molecular flexibility index (Phi) is 11.4. The average molecular weight is 678 g/mol. The van der Waals surface area contributed by atoms with Crippen molar-refractivity contribution in [1.29, 1.82) is 0 Å². The minimum atomic E-state index is -4.88. The van der Waals surface area contributed by atoms with E-state index in [2.05, 4.69) is 5.32 Å². The van der Waals surface area contributed by atoms with Crippen molar-refractivity contribution >= 4 is 39.1 Å². The van der Waals surface area contributed by atoms with Gasteiger partial charge in [0.25, 0.3) is 10.0 Å². The van der Waals surface area contributed by atoms with Crippen molar-refractivity contribution in [2.75, 3.05) is 10.8 Å². The zero-order valence-corrected chi connectivity index (χ0v) is 27.7. The maximum atomic E-state index is 14.3. The summed E-state index contributed by atoms with van der Waals surface area (Å²) in [5, 5.41) is 2.47. The number of sulfonamides is 1. The van der Waals surface area contributed by atoms with Crippen LogP contribution in [0.4, 0.5) is 18.9 Å². The summed E-state index contributed by atoms with van der Waals surface area (Å²) in [7, 11) is -4.55. The van der Waals surface area contributed by atoms with E-state index in [0.717, 1.165) is 60.9 Å². The summed E-state index contributed by atoms with van der Waals surface area (Å²) in [4.78, 5) is 29.1. The topological polar surface area (TPSA) is 86.8 Å². The molecule has 1 saturated carbocycles. The van der Waals surface area contributed by atoms with E-state index >= 15 is 0 Å². The van der Waals surface area contributed by atoms with Crippen LogP contribution in [-0.4, -0.2) is 43.8 Å². The highest BCUT2D eigenvalue weighted by molar-refractivity contribution is 7.92. The molecule has 12 heteroatoms. The molecule has 0 aromatic heterocycles. The van der Waals surface area contributed by atoms with Crippen molar-refractivity contribution < 1.29 is 31.2 Å². The molecule has 3 aromatic rings. The first kappa shape index (κ1) is 35.3. The number of hydrogen-bond donors (Lipinski definition) is 1. The largest absolute Gasteiger partial charge is 0.417 e. The van der Waals surface area contributed by atoms with E-state index in [9.17, 15) is 31.2 Å². The predicted molar refractivity (Wildman–Crippen MR) is 173 cm³/mol. The molecule has 46 heavy (non-hydrogen) atoms. The molecule has 0 saturated heterocycles. The van der Waals surface area contributed by atoms with Crippen molar-refractivity contribution in [3.63, 3.8) is 0 Å². The van der Waals surface area contributed by atoms with Gasteiger partial charge in [-0.3, -0.25) is 13.9 Å². The third kappa shape index (κ3) is 8.61. The van der Waals surface area contributed by atoms with Gasteiger partial charge in [-0.2, -0.15) is 13.2 Å². The molecule has 1 unspecified atom stereocenters. The molecule has 0 radical (unpaired) electrons. The molecule has 0 spiro atoms. The van der Waals surface area contributed by atoms with Crippen LogP contribution in [0, 0.1) is 13.8 Å². The first-order valence-electron chi connectivity index (χ1n) is 15.3. The van der Waals surface area contributed by atoms with Gasteiger partial charge in [0.2, 0.25) is 11.8 Å². The van der Waals surface area contributed by atoms with Crippen molar-refractivity contribution in [2.24, 2.45) is 0 Å². The lowest BCUT2D eigenvalue weighted by molar-refractivity contribution is -0.140. The lowest BCUT2D eigenvalue weighted by Gasteiger charge is -2.34. The summed E-state index contributed by atoms with van der Waals surface area (Å²) in [6, 6.07) is 14.9. The third-order valence-corrected chi connectivity index (χ3v) is 10.3. The van der Waals surface area contributed by atoms with E-state index in [1.54, 1.807) is 32.0 Å². The number of amides is 2. The highest BCUT2D eigenvalue weighted by Gasteiger charge is 2.37. The van der Waals surface area contributed by atoms with Gasteiger partial charge < -0.3 is 10.2 Å². The molecule has 0 heterocycles. The van der Waals surface area contributed by atoms with Gasteiger partial charge in [0, 0.05) is 12.6 Å². The SMILES string of the molecule is CCC(C(=O)NC1CCCCC1)N(Cc1cccc(C)c1)C(=O)CN(c1ccc(Cl)c(C(F)(F)F)c1)S(=O)(=O)c1ccc(C)cc1. The van der Waals surface area contributed by atoms with Gasteiger partial charge in [-0.25, -0.2) is 8.42 Å². The maximum absolute atomic E-state index is 14.3. The Labute approximate surface area is 273 Å². The first-order chi connectivity index (χ1) is 21.7. The van der Waals surface area contributed by atoms with E-state index in [1.807, 2.05) is 25.1 Å². The number of rotatable bonds is 11. The Hall–Kier alpha value is -3.57. The van der Waals surface area contributed by atoms with Crippen LogP contribution in [0.1, 0.15) is 67.7 Å². The van der Waals surface area contributed by atoms with Gasteiger partial charge in [-0.1, -0.05) is 85.3 Å². The van der Waals surface area contributed by atoms with Crippen molar-refractivity contribution in [1.82, 2.24) is 10.2 Å². The summed E-state index contributed by atoms with van der Waals surface area (Å²) >= 11 is 5.86. The minimum absolute atomic E-state index is 0.00998. The van der Waals surface area contributed by atoms with Gasteiger partial charge in [0.05, 0.1) is 21.2 Å². The zero-order chi connectivity index (χ0) is 33.6. The summed E-state index contributed by atoms with van der Waals surface area (Å²) in [6.07, 6.45) is 0.0794. The van der Waals surface area contributed by atoms with E-state index in [-0.39, 0.29) is 35.5 Å². The van der Waals surface area contributed by atoms with Crippen LogP contribution < -0.4 is 9.62 Å². The van der Waals surface area contributed by atoms with Crippen molar-refractivity contribution in [2.45, 2.75) is 89.0 Å². The monoisotopic (exact) mass is 677 g/mol. The van der Waals surface area contributed by atoms with Crippen LogP contribution in [0.3, 0.4) is 0 Å². The van der Waals surface area contributed by atoms with Gasteiger partial charge in [-0.15, -0.1) is 0 Å². The lowest BCUT2D eigenvalue weighted by Crippen LogP contribution is -2.54. The fourth-order valence-corrected chi connectivity index (χ4v) is 7.35. The van der Waals surface area contributed by atoms with Crippen LogP contribution in [0.25, 0.3) is 0 Å². The Bertz CT molecular complexity index is 1640. The number of benzene rings is 3. The molecule has 1 aliphatic carbocycles. The molecule has 0 aliphatic heterocycles. The number of carbonyl (C=O) groups is 2. The second kappa shape index (κ2) is 14.9. The lowest BCUT2D eigenvalue weighted by atomic mass is 9.95. The van der Waals surface area contributed by atoms with E-state index in [4.69, 9.17) is 11.6 Å². The number of hydrogen-bond acceptors (Lipinski definition) is 4. The molecular formula is C34H39ClF3N3O4S. The molecule has 248 valence electrons. The van der Waals surface area contributed by atoms with Crippen LogP contribution in [0.2, 0.25) is 5.02 Å². The molecule has 0 bridgehead atoms. The minimum Gasteiger partial charge on any atom is -0.352 e. The fraction of sp³-hybridized carbons (Fsp3) is 0.412. The fourth-order valence-electron chi connectivity index (χ4n) is 5.72. The Morgan fingerprint density at radius 2 is 1.63 bits per heavy atom. The molecule has 1 N–H and O–H groups in total. The van der Waals surface area contributed by atoms with E-state index in [0.29, 0.717) is 10.4 Å². The van der Waals surface area contributed by atoms with Crippen LogP contribution in [0.5, 0.6) is 0 Å². The van der Waals surface area contributed by atoms with Crippen molar-refractivity contribution in [3.05, 3.63) is 94.0 Å². The number of anilines is 1. The molecule has 1 atom stereocenters. The molecule has 7 nitrogen and oxygen atoms in total. The Morgan fingerprint density at radius 1 is 0.957 bits per heavy atom. The normalized spacial score (nSPS) is 14.8. The standard InChI is InChI=1S/C34H39ClF3N3O4S/c1-4-31(33(43)39-26-11-6-5-7-12-26)40(21-25-10-8-9-24(3)19-25)32(42)22-41(46(44,45)28-16-13-23(2)14-17-28)27-15-18-30(35)29(20-27)34(36,37)38/h8-10,13-20,26,31H,4-7,11-12,21-22H2,1-3H3,(H,39,43). The maximum Gasteiger partial charge on any atom is 0.417 e. The second-order valence-corrected chi connectivity index (χ2v) is 14.0. The average Bonchev–Trinajstić information content (AvgIpc) is 3.00. The summed E-state index contributed by atoms with van der Waals surface area (Å²) < 4.78 is 70.4. The zero-order valence-electron chi connectivity index (χ0n) is 26.1. The first-order valence-corrected chi connectivity index (χ1v) is 17.1. The quantitative estimate of drug-likeness (QED) is 0.229. The van der Waals surface area contributed by atoms with Crippen molar-refractivity contribution in [3.8, 4) is 0 Å². The molecule has 2 amide bonds. The number of carbonyl (C=O) groups excluding carboxylic acids is 2. The smallest absolute Gasteiger partial charge is 0.352 e. The summed E-state index contributed by atoms with van der Waals surface area (Å²) in [6.45, 7) is 4.55. The van der Waals surface area contributed by atoms with Gasteiger partial charge in [0.15, 0.2) is 0 Å². The summed E-state index contributed by atoms with van der Waals surface area (Å²) in [5.41, 5.74) is 0.788. The van der Waals surface area contributed by atoms with Gasteiger partial charge in [-0.05, 0) is 69.0 Å². The summed E-state index contributed by atoms with van der Waals surface area (Å²) in [5.74, 6) is -1.10. The molecule has 4 rings (SSSR count). The number of halogens is 4.